The van der Waals surface area contributed by atoms with Crippen molar-refractivity contribution in [1.29, 1.82) is 0 Å². The van der Waals surface area contributed by atoms with Crippen LogP contribution in [0.3, 0.4) is 0 Å². The van der Waals surface area contributed by atoms with Gasteiger partial charge in [0.25, 0.3) is 0 Å². The van der Waals surface area contributed by atoms with Crippen LogP contribution < -0.4 is 0 Å². The van der Waals surface area contributed by atoms with Crippen LogP contribution in [0.4, 0.5) is 0 Å². The van der Waals surface area contributed by atoms with Crippen LogP contribution in [0.1, 0.15) is 18.9 Å². The highest BCUT2D eigenvalue weighted by molar-refractivity contribution is 5.82. The van der Waals surface area contributed by atoms with Crippen molar-refractivity contribution in [2.24, 2.45) is 0 Å². The third-order valence-corrected chi connectivity index (χ3v) is 3.57. The lowest BCUT2D eigenvalue weighted by Crippen LogP contribution is -1.99. The van der Waals surface area contributed by atoms with E-state index in [-0.39, 0.29) is 11.5 Å². The molecule has 0 spiro atoms. The fourth-order valence-electron chi connectivity index (χ4n) is 2.60. The predicted octanol–water partition coefficient (Wildman–Crippen LogP) is 3.83. The van der Waals surface area contributed by atoms with Crippen LogP contribution in [0.15, 0.2) is 36.4 Å². The van der Waals surface area contributed by atoms with E-state index >= 15 is 0 Å². The SMILES string of the molecule is CCCn1c(-c2ccc(O)cc2O)nc2cc(C)ccc21. The summed E-state index contributed by atoms with van der Waals surface area (Å²) in [5.41, 5.74) is 3.77. The Morgan fingerprint density at radius 3 is 2.62 bits per heavy atom. The van der Waals surface area contributed by atoms with Gasteiger partial charge in [0.05, 0.1) is 16.6 Å². The second-order valence-electron chi connectivity index (χ2n) is 5.28. The Labute approximate surface area is 123 Å². The van der Waals surface area contributed by atoms with Gasteiger partial charge in [-0.3, -0.25) is 0 Å². The summed E-state index contributed by atoms with van der Waals surface area (Å²) in [5.74, 6) is 0.819. The lowest BCUT2D eigenvalue weighted by atomic mass is 10.1. The number of fused-ring (bicyclic) bond motifs is 1. The minimum atomic E-state index is 0.0411. The minimum absolute atomic E-state index is 0.0411. The van der Waals surface area contributed by atoms with Crippen molar-refractivity contribution in [1.82, 2.24) is 9.55 Å². The lowest BCUT2D eigenvalue weighted by molar-refractivity contribution is 0.451. The first-order valence-electron chi connectivity index (χ1n) is 7.09. The zero-order chi connectivity index (χ0) is 15.0. The Morgan fingerprint density at radius 2 is 1.90 bits per heavy atom. The topological polar surface area (TPSA) is 58.3 Å². The molecule has 3 rings (SSSR count). The maximum absolute atomic E-state index is 10.1. The number of nitrogens with zero attached hydrogens (tertiary/aromatic N) is 2. The molecule has 108 valence electrons. The van der Waals surface area contributed by atoms with Gasteiger partial charge in [-0.05, 0) is 43.2 Å². The maximum Gasteiger partial charge on any atom is 0.144 e. The highest BCUT2D eigenvalue weighted by atomic mass is 16.3. The maximum atomic E-state index is 10.1. The van der Waals surface area contributed by atoms with E-state index in [1.54, 1.807) is 12.1 Å². The Morgan fingerprint density at radius 1 is 1.10 bits per heavy atom. The summed E-state index contributed by atoms with van der Waals surface area (Å²) in [5, 5.41) is 19.5. The van der Waals surface area contributed by atoms with Crippen molar-refractivity contribution >= 4 is 11.0 Å². The van der Waals surface area contributed by atoms with Gasteiger partial charge in [-0.2, -0.15) is 0 Å². The Hall–Kier alpha value is -2.49. The molecule has 0 aliphatic heterocycles. The number of aryl methyl sites for hydroxylation is 2. The number of hydrogen-bond acceptors (Lipinski definition) is 3. The van der Waals surface area contributed by atoms with E-state index in [4.69, 9.17) is 0 Å². The minimum Gasteiger partial charge on any atom is -0.508 e. The van der Waals surface area contributed by atoms with E-state index < -0.39 is 0 Å². The first-order valence-corrected chi connectivity index (χ1v) is 7.09. The van der Waals surface area contributed by atoms with Crippen LogP contribution >= 0.6 is 0 Å². The standard InChI is InChI=1S/C17H18N2O2/c1-3-8-19-15-7-4-11(2)9-14(15)18-17(19)13-6-5-12(20)10-16(13)21/h4-7,9-10,20-21H,3,8H2,1-2H3. The lowest BCUT2D eigenvalue weighted by Gasteiger charge is -2.09. The Kier molecular flexibility index (Phi) is 3.29. The molecule has 3 aromatic rings. The quantitative estimate of drug-likeness (QED) is 0.767. The fraction of sp³-hybridized carbons (Fsp3) is 0.235. The smallest absolute Gasteiger partial charge is 0.144 e. The van der Waals surface area contributed by atoms with Gasteiger partial charge in [0.15, 0.2) is 0 Å². The highest BCUT2D eigenvalue weighted by Crippen LogP contribution is 2.33. The van der Waals surface area contributed by atoms with Crippen molar-refractivity contribution in [3.8, 4) is 22.9 Å². The monoisotopic (exact) mass is 282 g/mol. The van der Waals surface area contributed by atoms with Gasteiger partial charge in [-0.1, -0.05) is 13.0 Å². The first-order chi connectivity index (χ1) is 10.1. The van der Waals surface area contributed by atoms with Gasteiger partial charge in [-0.25, -0.2) is 4.98 Å². The van der Waals surface area contributed by atoms with Crippen molar-refractivity contribution in [2.45, 2.75) is 26.8 Å². The predicted molar refractivity (Wildman–Crippen MR) is 83.5 cm³/mol. The number of benzene rings is 2. The molecule has 0 radical (unpaired) electrons. The molecule has 4 heteroatoms. The van der Waals surface area contributed by atoms with Crippen molar-refractivity contribution in [3.63, 3.8) is 0 Å². The van der Waals surface area contributed by atoms with E-state index in [1.807, 2.05) is 13.0 Å². The molecule has 1 aromatic heterocycles. The zero-order valence-corrected chi connectivity index (χ0v) is 12.2. The number of aromatic nitrogens is 2. The van der Waals surface area contributed by atoms with Crippen LogP contribution in [-0.2, 0) is 6.54 Å². The van der Waals surface area contributed by atoms with Crippen LogP contribution in [0.5, 0.6) is 11.5 Å². The molecule has 0 amide bonds. The largest absolute Gasteiger partial charge is 0.508 e. The normalized spacial score (nSPS) is 11.1. The first kappa shape index (κ1) is 13.5. The van der Waals surface area contributed by atoms with E-state index in [1.165, 1.54) is 6.07 Å². The van der Waals surface area contributed by atoms with Gasteiger partial charge in [0, 0.05) is 12.6 Å². The van der Waals surface area contributed by atoms with Gasteiger partial charge in [0.2, 0.25) is 0 Å². The summed E-state index contributed by atoms with van der Waals surface area (Å²) in [6.07, 6.45) is 0.977. The Balaban J connectivity index is 2.27. The summed E-state index contributed by atoms with van der Waals surface area (Å²) < 4.78 is 2.11. The molecule has 0 saturated carbocycles. The van der Waals surface area contributed by atoms with Gasteiger partial charge in [-0.15, -0.1) is 0 Å². The average Bonchev–Trinajstić information content (AvgIpc) is 2.77. The van der Waals surface area contributed by atoms with Crippen LogP contribution in [0, 0.1) is 6.92 Å². The Bertz CT molecular complexity index is 806. The van der Waals surface area contributed by atoms with Crippen molar-refractivity contribution in [2.75, 3.05) is 0 Å². The molecule has 1 heterocycles. The highest BCUT2D eigenvalue weighted by Gasteiger charge is 2.15. The third-order valence-electron chi connectivity index (χ3n) is 3.57. The molecule has 0 unspecified atom stereocenters. The summed E-state index contributed by atoms with van der Waals surface area (Å²) in [4.78, 5) is 4.67. The van der Waals surface area contributed by atoms with Crippen LogP contribution in [-0.4, -0.2) is 19.8 Å². The van der Waals surface area contributed by atoms with Crippen LogP contribution in [0.25, 0.3) is 22.4 Å². The van der Waals surface area contributed by atoms with Gasteiger partial charge in [0.1, 0.15) is 17.3 Å². The number of imidazole rings is 1. The van der Waals surface area contributed by atoms with E-state index in [2.05, 4.69) is 28.6 Å². The fourth-order valence-corrected chi connectivity index (χ4v) is 2.60. The van der Waals surface area contributed by atoms with Crippen molar-refractivity contribution in [3.05, 3.63) is 42.0 Å². The number of aromatic hydroxyl groups is 2. The molecule has 0 atom stereocenters. The molecule has 0 fully saturated rings. The second kappa shape index (κ2) is 5.13. The summed E-state index contributed by atoms with van der Waals surface area (Å²) in [6.45, 7) is 4.98. The molecule has 21 heavy (non-hydrogen) atoms. The number of rotatable bonds is 3. The third kappa shape index (κ3) is 2.33. The summed E-state index contributed by atoms with van der Waals surface area (Å²) in [7, 11) is 0. The van der Waals surface area contributed by atoms with Gasteiger partial charge >= 0.3 is 0 Å². The molecular weight excluding hydrogens is 264 g/mol. The summed E-state index contributed by atoms with van der Waals surface area (Å²) in [6, 6.07) is 10.8. The molecule has 0 aliphatic carbocycles. The molecule has 0 saturated heterocycles. The van der Waals surface area contributed by atoms with Crippen molar-refractivity contribution < 1.29 is 10.2 Å². The molecule has 0 bridgehead atoms. The molecule has 2 aromatic carbocycles. The van der Waals surface area contributed by atoms with E-state index in [0.29, 0.717) is 5.56 Å². The second-order valence-corrected chi connectivity index (χ2v) is 5.28. The number of hydrogen-bond donors (Lipinski definition) is 2. The molecule has 4 nitrogen and oxygen atoms in total. The van der Waals surface area contributed by atoms with E-state index in [0.717, 1.165) is 35.4 Å². The molecule has 2 N–H and O–H groups in total. The molecule has 0 aliphatic rings. The molecular formula is C17H18N2O2. The number of phenolic OH excluding ortho intramolecular Hbond substituents is 2. The average molecular weight is 282 g/mol. The van der Waals surface area contributed by atoms with Gasteiger partial charge < -0.3 is 14.8 Å². The number of phenols is 2. The summed E-state index contributed by atoms with van der Waals surface area (Å²) >= 11 is 0. The zero-order valence-electron chi connectivity index (χ0n) is 12.2. The van der Waals surface area contributed by atoms with Crippen LogP contribution in [0.2, 0.25) is 0 Å². The van der Waals surface area contributed by atoms with E-state index in [9.17, 15) is 10.2 Å².